The number of carboxylic acids is 1. The van der Waals surface area contributed by atoms with Gasteiger partial charge < -0.3 is 5.11 Å². The molecule has 1 aromatic rings. The molecule has 0 aliphatic carbocycles. The number of carboxylic acid groups (broad SMARTS) is 1. The van der Waals surface area contributed by atoms with Gasteiger partial charge in [0.15, 0.2) is 0 Å². The van der Waals surface area contributed by atoms with Gasteiger partial charge in [-0.2, -0.15) is 5.48 Å². The van der Waals surface area contributed by atoms with Gasteiger partial charge in [0.1, 0.15) is 6.54 Å². The van der Waals surface area contributed by atoms with Crippen LogP contribution in [0.2, 0.25) is 0 Å². The number of benzene rings is 1. The minimum atomic E-state index is -0.937. The molecule has 0 aliphatic rings. The molecule has 4 heteroatoms. The van der Waals surface area contributed by atoms with Crippen molar-refractivity contribution in [1.29, 1.82) is 0 Å². The van der Waals surface area contributed by atoms with Gasteiger partial charge in [-0.15, -0.1) is 0 Å². The highest BCUT2D eigenvalue weighted by molar-refractivity contribution is 5.68. The minimum Gasteiger partial charge on any atom is -0.480 e. The first-order chi connectivity index (χ1) is 6.29. The maximum atomic E-state index is 10.1. The summed E-state index contributed by atoms with van der Waals surface area (Å²) in [4.78, 5) is 15.0. The van der Waals surface area contributed by atoms with E-state index in [0.29, 0.717) is 6.61 Å². The summed E-state index contributed by atoms with van der Waals surface area (Å²) in [5.41, 5.74) is 3.33. The molecular weight excluding hydrogens is 170 g/mol. The molecule has 0 heterocycles. The first-order valence-electron chi connectivity index (χ1n) is 3.89. The lowest BCUT2D eigenvalue weighted by Gasteiger charge is -2.02. The SMILES string of the molecule is O=C(O)CNOCc1ccccc1. The number of rotatable bonds is 5. The number of hydroxylamine groups is 1. The van der Waals surface area contributed by atoms with Crippen LogP contribution in [0.15, 0.2) is 30.3 Å². The van der Waals surface area contributed by atoms with Gasteiger partial charge in [-0.3, -0.25) is 9.63 Å². The summed E-state index contributed by atoms with van der Waals surface area (Å²) >= 11 is 0. The monoisotopic (exact) mass is 181 g/mol. The fourth-order valence-electron chi connectivity index (χ4n) is 0.821. The Labute approximate surface area is 76.1 Å². The quantitative estimate of drug-likeness (QED) is 0.521. The summed E-state index contributed by atoms with van der Waals surface area (Å²) in [5, 5.41) is 8.27. The maximum absolute atomic E-state index is 10.1. The van der Waals surface area contributed by atoms with Gasteiger partial charge in [0.2, 0.25) is 0 Å². The predicted octanol–water partition coefficient (Wildman–Crippen LogP) is 0.792. The molecule has 0 unspecified atom stereocenters. The lowest BCUT2D eigenvalue weighted by atomic mass is 10.2. The van der Waals surface area contributed by atoms with Gasteiger partial charge in [-0.05, 0) is 5.56 Å². The second kappa shape index (κ2) is 5.29. The zero-order valence-electron chi connectivity index (χ0n) is 7.06. The number of hydrogen-bond acceptors (Lipinski definition) is 3. The molecule has 0 bridgehead atoms. The standard InChI is InChI=1S/C9H11NO3/c11-9(12)6-10-13-7-8-4-2-1-3-5-8/h1-5,10H,6-7H2,(H,11,12). The smallest absolute Gasteiger partial charge is 0.319 e. The van der Waals surface area contributed by atoms with Crippen LogP contribution in [0.4, 0.5) is 0 Å². The predicted molar refractivity (Wildman–Crippen MR) is 46.9 cm³/mol. The summed E-state index contributed by atoms with van der Waals surface area (Å²) in [5.74, 6) is -0.937. The first kappa shape index (κ1) is 9.70. The van der Waals surface area contributed by atoms with E-state index in [1.807, 2.05) is 30.3 Å². The molecule has 4 nitrogen and oxygen atoms in total. The van der Waals surface area contributed by atoms with Crippen LogP contribution < -0.4 is 5.48 Å². The molecule has 13 heavy (non-hydrogen) atoms. The molecule has 0 aromatic heterocycles. The normalized spacial score (nSPS) is 9.85. The van der Waals surface area contributed by atoms with Gasteiger partial charge in [-0.1, -0.05) is 30.3 Å². The molecule has 1 aromatic carbocycles. The fourth-order valence-corrected chi connectivity index (χ4v) is 0.821. The van der Waals surface area contributed by atoms with Gasteiger partial charge in [0, 0.05) is 0 Å². The molecular formula is C9H11NO3. The lowest BCUT2D eigenvalue weighted by Crippen LogP contribution is -2.22. The Morgan fingerprint density at radius 2 is 2.08 bits per heavy atom. The third-order valence-corrected chi connectivity index (χ3v) is 1.41. The van der Waals surface area contributed by atoms with Crippen molar-refractivity contribution in [3.8, 4) is 0 Å². The highest BCUT2D eigenvalue weighted by Gasteiger charge is 1.95. The average Bonchev–Trinajstić information content (AvgIpc) is 2.14. The second-order valence-corrected chi connectivity index (χ2v) is 2.49. The molecule has 0 amide bonds. The van der Waals surface area contributed by atoms with Gasteiger partial charge in [-0.25, -0.2) is 0 Å². The molecule has 1 rings (SSSR count). The van der Waals surface area contributed by atoms with E-state index in [-0.39, 0.29) is 6.54 Å². The number of hydrogen-bond donors (Lipinski definition) is 2. The first-order valence-corrected chi connectivity index (χ1v) is 3.89. The van der Waals surface area contributed by atoms with Crippen LogP contribution >= 0.6 is 0 Å². The molecule has 0 saturated carbocycles. The third-order valence-electron chi connectivity index (χ3n) is 1.41. The lowest BCUT2D eigenvalue weighted by molar-refractivity contribution is -0.139. The molecule has 0 saturated heterocycles. The van der Waals surface area contributed by atoms with Crippen molar-refractivity contribution in [2.45, 2.75) is 6.61 Å². The highest BCUT2D eigenvalue weighted by atomic mass is 16.6. The topological polar surface area (TPSA) is 58.6 Å². The van der Waals surface area contributed by atoms with Gasteiger partial charge in [0.05, 0.1) is 6.61 Å². The van der Waals surface area contributed by atoms with Crippen molar-refractivity contribution in [3.63, 3.8) is 0 Å². The number of carbonyl (C=O) groups is 1. The van der Waals surface area contributed by atoms with Crippen molar-refractivity contribution in [2.75, 3.05) is 6.54 Å². The van der Waals surface area contributed by atoms with Crippen LogP contribution in [0.25, 0.3) is 0 Å². The molecule has 0 fully saturated rings. The Balaban J connectivity index is 2.17. The summed E-state index contributed by atoms with van der Waals surface area (Å²) in [6.07, 6.45) is 0. The van der Waals surface area contributed by atoms with Crippen molar-refractivity contribution in [3.05, 3.63) is 35.9 Å². The average molecular weight is 181 g/mol. The maximum Gasteiger partial charge on any atom is 0.319 e. The van der Waals surface area contributed by atoms with E-state index in [4.69, 9.17) is 9.94 Å². The summed E-state index contributed by atoms with van der Waals surface area (Å²) < 4.78 is 0. The number of aliphatic carboxylic acids is 1. The van der Waals surface area contributed by atoms with Crippen LogP contribution in [-0.2, 0) is 16.2 Å². The van der Waals surface area contributed by atoms with Crippen LogP contribution in [0, 0.1) is 0 Å². The highest BCUT2D eigenvalue weighted by Crippen LogP contribution is 1.98. The Kier molecular flexibility index (Phi) is 3.95. The van der Waals surface area contributed by atoms with Crippen molar-refractivity contribution in [2.24, 2.45) is 0 Å². The Morgan fingerprint density at radius 3 is 2.69 bits per heavy atom. The number of nitrogens with one attached hydrogen (secondary N) is 1. The van der Waals surface area contributed by atoms with E-state index in [1.165, 1.54) is 0 Å². The summed E-state index contributed by atoms with van der Waals surface area (Å²) in [6.45, 7) is 0.182. The second-order valence-electron chi connectivity index (χ2n) is 2.49. The van der Waals surface area contributed by atoms with Crippen LogP contribution in [0.3, 0.4) is 0 Å². The fraction of sp³-hybridized carbons (Fsp3) is 0.222. The minimum absolute atomic E-state index is 0.188. The van der Waals surface area contributed by atoms with Crippen LogP contribution in [-0.4, -0.2) is 17.6 Å². The van der Waals surface area contributed by atoms with Gasteiger partial charge >= 0.3 is 5.97 Å². The Morgan fingerprint density at radius 1 is 1.38 bits per heavy atom. The van der Waals surface area contributed by atoms with E-state index >= 15 is 0 Å². The van der Waals surface area contributed by atoms with Crippen molar-refractivity contribution in [1.82, 2.24) is 5.48 Å². The Bertz CT molecular complexity index is 261. The molecule has 70 valence electrons. The summed E-state index contributed by atoms with van der Waals surface area (Å²) in [6, 6.07) is 9.52. The van der Waals surface area contributed by atoms with E-state index in [0.717, 1.165) is 5.56 Å². The molecule has 0 aliphatic heterocycles. The van der Waals surface area contributed by atoms with E-state index in [1.54, 1.807) is 0 Å². The zero-order chi connectivity index (χ0) is 9.52. The zero-order valence-corrected chi connectivity index (χ0v) is 7.06. The van der Waals surface area contributed by atoms with E-state index in [9.17, 15) is 4.79 Å². The van der Waals surface area contributed by atoms with Crippen molar-refractivity contribution >= 4 is 5.97 Å². The molecule has 0 spiro atoms. The van der Waals surface area contributed by atoms with Crippen LogP contribution in [0.5, 0.6) is 0 Å². The molecule has 0 radical (unpaired) electrons. The molecule has 0 atom stereocenters. The third kappa shape index (κ3) is 4.25. The molecule has 2 N–H and O–H groups in total. The van der Waals surface area contributed by atoms with E-state index in [2.05, 4.69) is 5.48 Å². The summed E-state index contributed by atoms with van der Waals surface area (Å²) in [7, 11) is 0. The largest absolute Gasteiger partial charge is 0.480 e. The van der Waals surface area contributed by atoms with Crippen LogP contribution in [0.1, 0.15) is 5.56 Å². The Hall–Kier alpha value is -1.39. The van der Waals surface area contributed by atoms with Gasteiger partial charge in [0.25, 0.3) is 0 Å². The van der Waals surface area contributed by atoms with Crippen molar-refractivity contribution < 1.29 is 14.7 Å². The van der Waals surface area contributed by atoms with E-state index < -0.39 is 5.97 Å².